The van der Waals surface area contributed by atoms with Crippen molar-refractivity contribution in [1.82, 2.24) is 0 Å². The maximum Gasteiger partial charge on any atom is 0.162 e. The summed E-state index contributed by atoms with van der Waals surface area (Å²) in [5.74, 6) is -3.13. The molecule has 16 heavy (non-hydrogen) atoms. The standard InChI is InChI=1S/C10H12F2O4/c11-6-3-5(9(15)4-7(6)12)10(16)8(14)1-2-13/h3-4,8,10,13-16H,1-2H2. The molecular weight excluding hydrogens is 222 g/mol. The second-order valence-corrected chi connectivity index (χ2v) is 3.35. The number of phenols is 1. The lowest BCUT2D eigenvalue weighted by molar-refractivity contribution is 0.00283. The summed E-state index contributed by atoms with van der Waals surface area (Å²) in [7, 11) is 0. The average molecular weight is 234 g/mol. The molecule has 90 valence electrons. The first-order chi connectivity index (χ1) is 7.47. The predicted molar refractivity (Wildman–Crippen MR) is 50.7 cm³/mol. The average Bonchev–Trinajstić information content (AvgIpc) is 2.23. The minimum Gasteiger partial charge on any atom is -0.507 e. The summed E-state index contributed by atoms with van der Waals surface area (Å²) in [5.41, 5.74) is -0.320. The van der Waals surface area contributed by atoms with Crippen molar-refractivity contribution in [2.75, 3.05) is 6.61 Å². The first kappa shape index (κ1) is 12.8. The van der Waals surface area contributed by atoms with E-state index in [0.717, 1.165) is 0 Å². The number of phenolic OH excluding ortho intramolecular Hbond substituents is 1. The van der Waals surface area contributed by atoms with E-state index in [1.54, 1.807) is 0 Å². The van der Waals surface area contributed by atoms with Crippen molar-refractivity contribution >= 4 is 0 Å². The lowest BCUT2D eigenvalue weighted by Crippen LogP contribution is -2.19. The lowest BCUT2D eigenvalue weighted by atomic mass is 10.0. The van der Waals surface area contributed by atoms with Gasteiger partial charge in [0.05, 0.1) is 6.10 Å². The molecule has 0 heterocycles. The molecule has 0 radical (unpaired) electrons. The molecule has 0 fully saturated rings. The van der Waals surface area contributed by atoms with Crippen molar-refractivity contribution in [3.8, 4) is 5.75 Å². The fourth-order valence-corrected chi connectivity index (χ4v) is 1.29. The monoisotopic (exact) mass is 234 g/mol. The molecule has 2 unspecified atom stereocenters. The number of rotatable bonds is 4. The van der Waals surface area contributed by atoms with Gasteiger partial charge in [-0.25, -0.2) is 8.78 Å². The van der Waals surface area contributed by atoms with Gasteiger partial charge in [0, 0.05) is 18.2 Å². The number of hydrogen-bond acceptors (Lipinski definition) is 4. The fourth-order valence-electron chi connectivity index (χ4n) is 1.29. The highest BCUT2D eigenvalue weighted by molar-refractivity contribution is 5.35. The van der Waals surface area contributed by atoms with Crippen molar-refractivity contribution < 1.29 is 29.2 Å². The molecule has 0 aliphatic carbocycles. The maximum absolute atomic E-state index is 12.8. The summed E-state index contributed by atoms with van der Waals surface area (Å²) < 4.78 is 25.5. The quantitative estimate of drug-likeness (QED) is 0.609. The lowest BCUT2D eigenvalue weighted by Gasteiger charge is -2.18. The number of benzene rings is 1. The van der Waals surface area contributed by atoms with Crippen LogP contribution >= 0.6 is 0 Å². The van der Waals surface area contributed by atoms with E-state index in [9.17, 15) is 24.1 Å². The van der Waals surface area contributed by atoms with Crippen LogP contribution in [0, 0.1) is 11.6 Å². The van der Waals surface area contributed by atoms with Gasteiger partial charge in [0.2, 0.25) is 0 Å². The summed E-state index contributed by atoms with van der Waals surface area (Å²) in [5, 5.41) is 36.6. The Morgan fingerprint density at radius 3 is 2.25 bits per heavy atom. The molecule has 1 aromatic rings. The van der Waals surface area contributed by atoms with Crippen molar-refractivity contribution in [2.24, 2.45) is 0 Å². The fraction of sp³-hybridized carbons (Fsp3) is 0.400. The minimum absolute atomic E-state index is 0.139. The second-order valence-electron chi connectivity index (χ2n) is 3.35. The Morgan fingerprint density at radius 2 is 1.69 bits per heavy atom. The number of aliphatic hydroxyl groups is 3. The Bertz CT molecular complexity index is 370. The molecule has 6 heteroatoms. The summed E-state index contributed by atoms with van der Waals surface area (Å²) in [6, 6.07) is 1.12. The Labute approximate surface area is 90.4 Å². The van der Waals surface area contributed by atoms with Crippen molar-refractivity contribution in [1.29, 1.82) is 0 Å². The van der Waals surface area contributed by atoms with Crippen LogP contribution in [0.1, 0.15) is 18.1 Å². The normalized spacial score (nSPS) is 14.8. The molecule has 0 aliphatic rings. The van der Waals surface area contributed by atoms with Gasteiger partial charge in [-0.05, 0) is 12.5 Å². The molecule has 2 atom stereocenters. The third-order valence-corrected chi connectivity index (χ3v) is 2.18. The van der Waals surface area contributed by atoms with Gasteiger partial charge in [0.25, 0.3) is 0 Å². The van der Waals surface area contributed by atoms with Gasteiger partial charge >= 0.3 is 0 Å². The highest BCUT2D eigenvalue weighted by atomic mass is 19.2. The van der Waals surface area contributed by atoms with Crippen LogP contribution in [0.5, 0.6) is 5.75 Å². The summed E-state index contributed by atoms with van der Waals surface area (Å²) in [6.07, 6.45) is -3.08. The third kappa shape index (κ3) is 2.66. The molecular formula is C10H12F2O4. The zero-order valence-corrected chi connectivity index (χ0v) is 8.27. The zero-order chi connectivity index (χ0) is 12.3. The first-order valence-corrected chi connectivity index (χ1v) is 4.62. The Kier molecular flexibility index (Phi) is 4.17. The van der Waals surface area contributed by atoms with Crippen LogP contribution in [0.4, 0.5) is 8.78 Å². The van der Waals surface area contributed by atoms with Crippen molar-refractivity contribution in [3.05, 3.63) is 29.3 Å². The first-order valence-electron chi connectivity index (χ1n) is 4.62. The Morgan fingerprint density at radius 1 is 1.12 bits per heavy atom. The molecule has 4 nitrogen and oxygen atoms in total. The van der Waals surface area contributed by atoms with E-state index in [-0.39, 0.29) is 18.6 Å². The van der Waals surface area contributed by atoms with E-state index in [1.807, 2.05) is 0 Å². The second kappa shape index (κ2) is 5.20. The van der Waals surface area contributed by atoms with Gasteiger partial charge < -0.3 is 20.4 Å². The number of halogens is 2. The van der Waals surface area contributed by atoms with Crippen LogP contribution in [0.2, 0.25) is 0 Å². The molecule has 0 amide bonds. The predicted octanol–water partition coefficient (Wildman–Crippen LogP) is 0.447. The molecule has 0 saturated heterocycles. The molecule has 4 N–H and O–H groups in total. The number of aromatic hydroxyl groups is 1. The van der Waals surface area contributed by atoms with Crippen molar-refractivity contribution in [3.63, 3.8) is 0 Å². The van der Waals surface area contributed by atoms with E-state index >= 15 is 0 Å². The van der Waals surface area contributed by atoms with Crippen LogP contribution in [0.25, 0.3) is 0 Å². The van der Waals surface area contributed by atoms with Crippen LogP contribution in [-0.2, 0) is 0 Å². The van der Waals surface area contributed by atoms with E-state index in [2.05, 4.69) is 0 Å². The smallest absolute Gasteiger partial charge is 0.162 e. The molecule has 1 aromatic carbocycles. The topological polar surface area (TPSA) is 80.9 Å². The van der Waals surface area contributed by atoms with Gasteiger partial charge in [0.15, 0.2) is 11.6 Å². The van der Waals surface area contributed by atoms with Crippen LogP contribution in [0.15, 0.2) is 12.1 Å². The highest BCUT2D eigenvalue weighted by Gasteiger charge is 2.22. The van der Waals surface area contributed by atoms with Gasteiger partial charge in [-0.1, -0.05) is 0 Å². The summed E-state index contributed by atoms with van der Waals surface area (Å²) in [4.78, 5) is 0. The van der Waals surface area contributed by atoms with Crippen LogP contribution < -0.4 is 0 Å². The number of hydrogen-bond donors (Lipinski definition) is 4. The van der Waals surface area contributed by atoms with E-state index in [0.29, 0.717) is 12.1 Å². The largest absolute Gasteiger partial charge is 0.507 e. The minimum atomic E-state index is -1.58. The van der Waals surface area contributed by atoms with Gasteiger partial charge in [-0.15, -0.1) is 0 Å². The molecule has 0 bridgehead atoms. The highest BCUT2D eigenvalue weighted by Crippen LogP contribution is 2.29. The summed E-state index contributed by atoms with van der Waals surface area (Å²) in [6.45, 7) is -0.372. The van der Waals surface area contributed by atoms with Crippen LogP contribution in [0.3, 0.4) is 0 Å². The van der Waals surface area contributed by atoms with E-state index in [4.69, 9.17) is 5.11 Å². The van der Waals surface area contributed by atoms with E-state index in [1.165, 1.54) is 0 Å². The molecule has 1 rings (SSSR count). The van der Waals surface area contributed by atoms with Gasteiger partial charge in [0.1, 0.15) is 11.9 Å². The van der Waals surface area contributed by atoms with Crippen LogP contribution in [-0.4, -0.2) is 33.1 Å². The summed E-state index contributed by atoms with van der Waals surface area (Å²) >= 11 is 0. The third-order valence-electron chi connectivity index (χ3n) is 2.18. The maximum atomic E-state index is 12.8. The Hall–Kier alpha value is -1.24. The Balaban J connectivity index is 2.99. The molecule has 0 spiro atoms. The van der Waals surface area contributed by atoms with Gasteiger partial charge in [-0.3, -0.25) is 0 Å². The molecule has 0 aromatic heterocycles. The zero-order valence-electron chi connectivity index (χ0n) is 8.27. The van der Waals surface area contributed by atoms with E-state index < -0.39 is 29.6 Å². The van der Waals surface area contributed by atoms with Crippen molar-refractivity contribution in [2.45, 2.75) is 18.6 Å². The number of aliphatic hydroxyl groups excluding tert-OH is 3. The molecule has 0 aliphatic heterocycles. The van der Waals surface area contributed by atoms with Gasteiger partial charge in [-0.2, -0.15) is 0 Å². The SMILES string of the molecule is OCCC(O)C(O)c1cc(F)c(F)cc1O. The molecule has 0 saturated carbocycles.